The zero-order valence-electron chi connectivity index (χ0n) is 11.8. The monoisotopic (exact) mass is 289 g/mol. The van der Waals surface area contributed by atoms with E-state index in [1.54, 1.807) is 0 Å². The lowest BCUT2D eigenvalue weighted by Gasteiger charge is -2.03. The summed E-state index contributed by atoms with van der Waals surface area (Å²) in [5.41, 5.74) is 15.3. The van der Waals surface area contributed by atoms with Crippen LogP contribution in [0.1, 0.15) is 33.1 Å². The van der Waals surface area contributed by atoms with Crippen molar-refractivity contribution in [2.45, 2.75) is 39.2 Å². The Hall–Kier alpha value is -1.93. The topological polar surface area (TPSA) is 170 Å². The number of carbonyl (C=O) groups is 3. The van der Waals surface area contributed by atoms with Crippen molar-refractivity contribution in [2.24, 2.45) is 17.2 Å². The van der Waals surface area contributed by atoms with E-state index < -0.39 is 23.9 Å². The highest BCUT2D eigenvalue weighted by atomic mass is 16.4. The van der Waals surface area contributed by atoms with Crippen LogP contribution in [0.15, 0.2) is 11.1 Å². The van der Waals surface area contributed by atoms with E-state index in [1.807, 2.05) is 0 Å². The number of amides is 1. The number of carboxylic acid groups (broad SMARTS) is 2. The van der Waals surface area contributed by atoms with Gasteiger partial charge < -0.3 is 27.4 Å². The molecule has 20 heavy (non-hydrogen) atoms. The summed E-state index contributed by atoms with van der Waals surface area (Å²) in [6.07, 6.45) is 2.16. The van der Waals surface area contributed by atoms with Gasteiger partial charge in [0.25, 0.3) is 0 Å². The van der Waals surface area contributed by atoms with Gasteiger partial charge in [-0.3, -0.25) is 9.59 Å². The number of carbonyl (C=O) groups excluding carboxylic acids is 1. The third-order valence-corrected chi connectivity index (χ3v) is 2.54. The Kier molecular flexibility index (Phi) is 11.2. The highest BCUT2D eigenvalue weighted by Gasteiger charge is 2.09. The number of carboxylic acids is 2. The molecule has 0 aromatic heterocycles. The Balaban J connectivity index is 0. The molecule has 0 unspecified atom stereocenters. The first-order chi connectivity index (χ1) is 9.14. The molecule has 8 N–H and O–H groups in total. The second-order valence-electron chi connectivity index (χ2n) is 4.15. The molecule has 8 heteroatoms. The molecule has 0 aliphatic rings. The fourth-order valence-corrected chi connectivity index (χ4v) is 0.977. The van der Waals surface area contributed by atoms with Crippen LogP contribution in [-0.4, -0.2) is 40.6 Å². The Labute approximate surface area is 117 Å². The lowest BCUT2D eigenvalue weighted by Crippen LogP contribution is -2.29. The van der Waals surface area contributed by atoms with Crippen molar-refractivity contribution < 1.29 is 24.6 Å². The van der Waals surface area contributed by atoms with Crippen molar-refractivity contribution in [1.29, 1.82) is 0 Å². The van der Waals surface area contributed by atoms with E-state index in [9.17, 15) is 14.4 Å². The average molecular weight is 289 g/mol. The van der Waals surface area contributed by atoms with Crippen LogP contribution in [-0.2, 0) is 14.4 Å². The summed E-state index contributed by atoms with van der Waals surface area (Å²) in [4.78, 5) is 30.7. The largest absolute Gasteiger partial charge is 0.480 e. The van der Waals surface area contributed by atoms with Gasteiger partial charge in [0, 0.05) is 11.1 Å². The van der Waals surface area contributed by atoms with E-state index in [4.69, 9.17) is 27.4 Å². The predicted molar refractivity (Wildman–Crippen MR) is 73.7 cm³/mol. The van der Waals surface area contributed by atoms with Gasteiger partial charge in [-0.2, -0.15) is 0 Å². The van der Waals surface area contributed by atoms with Gasteiger partial charge in [0.1, 0.15) is 6.04 Å². The second-order valence-corrected chi connectivity index (χ2v) is 4.15. The maximum Gasteiger partial charge on any atom is 0.331 e. The number of primary amides is 1. The van der Waals surface area contributed by atoms with Crippen LogP contribution < -0.4 is 17.2 Å². The molecule has 0 spiro atoms. The lowest BCUT2D eigenvalue weighted by atomic mass is 10.1. The molecular weight excluding hydrogens is 266 g/mol. The maximum absolute atomic E-state index is 10.3. The molecule has 0 fully saturated rings. The highest BCUT2D eigenvalue weighted by Crippen LogP contribution is 2.01. The molecule has 0 saturated heterocycles. The van der Waals surface area contributed by atoms with Crippen molar-refractivity contribution in [3.05, 3.63) is 11.1 Å². The first-order valence-electron chi connectivity index (χ1n) is 6.04. The van der Waals surface area contributed by atoms with Crippen LogP contribution in [0.4, 0.5) is 0 Å². The van der Waals surface area contributed by atoms with Crippen molar-refractivity contribution in [3.8, 4) is 0 Å². The Morgan fingerprint density at radius 2 is 1.55 bits per heavy atom. The molecule has 0 saturated carbocycles. The summed E-state index contributed by atoms with van der Waals surface area (Å²) < 4.78 is 0. The number of aliphatic carboxylic acids is 2. The molecule has 1 amide bonds. The summed E-state index contributed by atoms with van der Waals surface area (Å²) in [5.74, 6) is -2.74. The van der Waals surface area contributed by atoms with E-state index in [0.29, 0.717) is 13.0 Å². The average Bonchev–Trinajstić information content (AvgIpc) is 2.37. The molecule has 8 nitrogen and oxygen atoms in total. The van der Waals surface area contributed by atoms with Gasteiger partial charge in [0.05, 0.1) is 0 Å². The van der Waals surface area contributed by atoms with Crippen molar-refractivity contribution >= 4 is 17.8 Å². The zero-order valence-corrected chi connectivity index (χ0v) is 11.8. The van der Waals surface area contributed by atoms with Gasteiger partial charge in [0.15, 0.2) is 0 Å². The van der Waals surface area contributed by atoms with E-state index in [-0.39, 0.29) is 11.1 Å². The van der Waals surface area contributed by atoms with Crippen LogP contribution in [0.2, 0.25) is 0 Å². The summed E-state index contributed by atoms with van der Waals surface area (Å²) in [7, 11) is 0. The van der Waals surface area contributed by atoms with E-state index >= 15 is 0 Å². The summed E-state index contributed by atoms with van der Waals surface area (Å²) in [6, 6.07) is -0.716. The molecule has 0 aromatic carbocycles. The minimum Gasteiger partial charge on any atom is -0.480 e. The first-order valence-corrected chi connectivity index (χ1v) is 6.04. The van der Waals surface area contributed by atoms with Gasteiger partial charge in [0.2, 0.25) is 5.91 Å². The Bertz CT molecular complexity index is 357. The molecule has 1 atom stereocenters. The first kappa shape index (κ1) is 20.4. The smallest absolute Gasteiger partial charge is 0.331 e. The van der Waals surface area contributed by atoms with E-state index in [1.165, 1.54) is 13.8 Å². The third-order valence-electron chi connectivity index (χ3n) is 2.54. The number of hydrogen-bond acceptors (Lipinski definition) is 5. The van der Waals surface area contributed by atoms with Gasteiger partial charge in [-0.25, -0.2) is 4.79 Å². The van der Waals surface area contributed by atoms with Crippen molar-refractivity contribution in [1.82, 2.24) is 0 Å². The minimum atomic E-state index is -1.11. The molecule has 0 heterocycles. The number of rotatable bonds is 7. The molecule has 0 radical (unpaired) electrons. The molecule has 0 aliphatic carbocycles. The maximum atomic E-state index is 10.3. The molecule has 0 aliphatic heterocycles. The van der Waals surface area contributed by atoms with Gasteiger partial charge in [-0.1, -0.05) is 6.42 Å². The SMILES string of the molecule is CC(C(N)=O)=C(C)C(=O)O.NCCCC[C@H](N)C(=O)O. The lowest BCUT2D eigenvalue weighted by molar-refractivity contribution is -0.138. The fraction of sp³-hybridized carbons (Fsp3) is 0.583. The molecular formula is C12H23N3O5. The minimum absolute atomic E-state index is 0.00694. The third kappa shape index (κ3) is 10.0. The van der Waals surface area contributed by atoms with E-state index in [0.717, 1.165) is 12.8 Å². The molecule has 0 rings (SSSR count). The van der Waals surface area contributed by atoms with E-state index in [2.05, 4.69) is 0 Å². The quantitative estimate of drug-likeness (QED) is 0.308. The summed E-state index contributed by atoms with van der Waals surface area (Å²) in [6.45, 7) is 3.32. The molecule has 0 aromatic rings. The zero-order chi connectivity index (χ0) is 16.3. The van der Waals surface area contributed by atoms with Gasteiger partial charge in [-0.05, 0) is 33.2 Å². The van der Waals surface area contributed by atoms with Crippen molar-refractivity contribution in [3.63, 3.8) is 0 Å². The highest BCUT2D eigenvalue weighted by molar-refractivity contribution is 6.00. The van der Waals surface area contributed by atoms with Crippen LogP contribution in [0, 0.1) is 0 Å². The second kappa shape index (κ2) is 10.9. The number of unbranched alkanes of at least 4 members (excludes halogenated alkanes) is 1. The molecule has 0 bridgehead atoms. The Morgan fingerprint density at radius 3 is 1.80 bits per heavy atom. The number of nitrogens with two attached hydrogens (primary N) is 3. The number of hydrogen-bond donors (Lipinski definition) is 5. The summed E-state index contributed by atoms with van der Waals surface area (Å²) in [5, 5.41) is 16.7. The normalized spacial score (nSPS) is 12.6. The molecule has 116 valence electrons. The van der Waals surface area contributed by atoms with Gasteiger partial charge in [-0.15, -0.1) is 0 Å². The van der Waals surface area contributed by atoms with Crippen LogP contribution >= 0.6 is 0 Å². The van der Waals surface area contributed by atoms with Crippen LogP contribution in [0.5, 0.6) is 0 Å². The summed E-state index contributed by atoms with van der Waals surface area (Å²) >= 11 is 0. The van der Waals surface area contributed by atoms with Crippen molar-refractivity contribution in [2.75, 3.05) is 6.54 Å². The van der Waals surface area contributed by atoms with Gasteiger partial charge >= 0.3 is 11.9 Å². The van der Waals surface area contributed by atoms with Crippen LogP contribution in [0.3, 0.4) is 0 Å². The predicted octanol–water partition coefficient (Wildman–Crippen LogP) is -0.580. The fourth-order valence-electron chi connectivity index (χ4n) is 0.977. The standard InChI is InChI=1S/C6H14N2O2.C6H9NO3/c7-4-2-1-3-5(8)6(9)10;1-3(5(7)8)4(2)6(9)10/h5H,1-4,7-8H2,(H,9,10);1-2H3,(H2,7,8)(H,9,10)/t5-;/m0./s1. The Morgan fingerprint density at radius 1 is 1.05 bits per heavy atom. The van der Waals surface area contributed by atoms with Crippen LogP contribution in [0.25, 0.3) is 0 Å².